The van der Waals surface area contributed by atoms with Gasteiger partial charge in [0, 0.05) is 41.3 Å². The summed E-state index contributed by atoms with van der Waals surface area (Å²) in [5.41, 5.74) is 1.24. The van der Waals surface area contributed by atoms with Crippen molar-refractivity contribution in [2.75, 3.05) is 18.5 Å². The average Bonchev–Trinajstić information content (AvgIpc) is 2.32. The molecule has 0 saturated carbocycles. The summed E-state index contributed by atoms with van der Waals surface area (Å²) < 4.78 is 6.75. The van der Waals surface area contributed by atoms with E-state index in [0.717, 1.165) is 29.5 Å². The maximum atomic E-state index is 5.72. The van der Waals surface area contributed by atoms with Crippen molar-refractivity contribution >= 4 is 31.9 Å². The fourth-order valence-electron chi connectivity index (χ4n) is 1.97. The molecule has 1 aromatic rings. The van der Waals surface area contributed by atoms with Gasteiger partial charge >= 0.3 is 0 Å². The monoisotopic (exact) mass is 362 g/mol. The van der Waals surface area contributed by atoms with Gasteiger partial charge in [-0.15, -0.1) is 0 Å². The van der Waals surface area contributed by atoms with Crippen LogP contribution in [0.15, 0.2) is 22.9 Å². The third-order valence-corrected chi connectivity index (χ3v) is 4.11. The molecule has 5 heteroatoms. The molecule has 0 aromatic carbocycles. The molecule has 2 unspecified atom stereocenters. The molecular formula is C12H16Br2N2O. The summed E-state index contributed by atoms with van der Waals surface area (Å²) in [6, 6.07) is 2.59. The summed E-state index contributed by atoms with van der Waals surface area (Å²) >= 11 is 6.94. The van der Waals surface area contributed by atoms with Crippen LogP contribution in [-0.4, -0.2) is 40.5 Å². The molecule has 94 valence electrons. The summed E-state index contributed by atoms with van der Waals surface area (Å²) in [7, 11) is 0. The SMILES string of the molecule is CC1COC(CBr)CN1Cc1cncc(Br)c1. The average molecular weight is 364 g/mol. The van der Waals surface area contributed by atoms with Crippen molar-refractivity contribution < 1.29 is 4.74 Å². The molecule has 0 aliphatic carbocycles. The Morgan fingerprint density at radius 1 is 1.53 bits per heavy atom. The molecule has 1 aliphatic rings. The smallest absolute Gasteiger partial charge is 0.0799 e. The van der Waals surface area contributed by atoms with Gasteiger partial charge in [-0.05, 0) is 34.5 Å². The second kappa shape index (κ2) is 6.27. The maximum absolute atomic E-state index is 5.72. The molecule has 0 spiro atoms. The number of morpholine rings is 1. The number of nitrogens with zero attached hydrogens (tertiary/aromatic N) is 2. The van der Waals surface area contributed by atoms with Gasteiger partial charge in [0.25, 0.3) is 0 Å². The quantitative estimate of drug-likeness (QED) is 0.772. The van der Waals surface area contributed by atoms with E-state index in [4.69, 9.17) is 4.74 Å². The zero-order chi connectivity index (χ0) is 12.3. The molecule has 0 N–H and O–H groups in total. The first-order chi connectivity index (χ1) is 8.19. The van der Waals surface area contributed by atoms with E-state index < -0.39 is 0 Å². The van der Waals surface area contributed by atoms with E-state index in [1.54, 1.807) is 0 Å². The van der Waals surface area contributed by atoms with Gasteiger partial charge in [0.2, 0.25) is 0 Å². The number of rotatable bonds is 3. The standard InChI is InChI=1S/C12H16Br2N2O/c1-9-8-17-12(3-13)7-16(9)6-10-2-11(14)5-15-4-10/h2,4-5,9,12H,3,6-8H2,1H3. The highest BCUT2D eigenvalue weighted by molar-refractivity contribution is 9.10. The minimum Gasteiger partial charge on any atom is -0.374 e. The van der Waals surface area contributed by atoms with E-state index >= 15 is 0 Å². The van der Waals surface area contributed by atoms with E-state index in [2.05, 4.69) is 54.7 Å². The van der Waals surface area contributed by atoms with Crippen molar-refractivity contribution in [3.8, 4) is 0 Å². The van der Waals surface area contributed by atoms with E-state index in [1.807, 2.05) is 12.4 Å². The Balaban J connectivity index is 2.01. The van der Waals surface area contributed by atoms with E-state index in [0.29, 0.717) is 12.1 Å². The van der Waals surface area contributed by atoms with Gasteiger partial charge in [0.15, 0.2) is 0 Å². The third-order valence-electron chi connectivity index (χ3n) is 2.95. The fourth-order valence-corrected chi connectivity index (χ4v) is 2.77. The van der Waals surface area contributed by atoms with Crippen LogP contribution in [-0.2, 0) is 11.3 Å². The van der Waals surface area contributed by atoms with E-state index in [1.165, 1.54) is 5.56 Å². The van der Waals surface area contributed by atoms with Crippen LogP contribution in [0.4, 0.5) is 0 Å². The number of ether oxygens (including phenoxy) is 1. The zero-order valence-electron chi connectivity index (χ0n) is 9.77. The van der Waals surface area contributed by atoms with Crippen LogP contribution >= 0.6 is 31.9 Å². The van der Waals surface area contributed by atoms with Crippen LogP contribution < -0.4 is 0 Å². The predicted octanol–water partition coefficient (Wildman–Crippen LogP) is 2.83. The molecule has 0 radical (unpaired) electrons. The molecule has 2 rings (SSSR count). The molecule has 0 bridgehead atoms. The van der Waals surface area contributed by atoms with Crippen LogP contribution in [0.25, 0.3) is 0 Å². The van der Waals surface area contributed by atoms with Crippen molar-refractivity contribution in [1.82, 2.24) is 9.88 Å². The first-order valence-corrected chi connectivity index (χ1v) is 7.61. The van der Waals surface area contributed by atoms with Gasteiger partial charge < -0.3 is 4.74 Å². The topological polar surface area (TPSA) is 25.4 Å². The molecule has 1 fully saturated rings. The number of aromatic nitrogens is 1. The summed E-state index contributed by atoms with van der Waals surface area (Å²) in [4.78, 5) is 6.64. The van der Waals surface area contributed by atoms with Crippen LogP contribution in [0.1, 0.15) is 12.5 Å². The molecule has 17 heavy (non-hydrogen) atoms. The Morgan fingerprint density at radius 2 is 2.35 bits per heavy atom. The molecule has 1 aromatic heterocycles. The first kappa shape index (κ1) is 13.5. The second-order valence-corrected chi connectivity index (χ2v) is 5.96. The lowest BCUT2D eigenvalue weighted by Gasteiger charge is -2.37. The molecular weight excluding hydrogens is 348 g/mol. The van der Waals surface area contributed by atoms with Crippen molar-refractivity contribution in [2.45, 2.75) is 25.6 Å². The van der Waals surface area contributed by atoms with Gasteiger partial charge in [-0.2, -0.15) is 0 Å². The van der Waals surface area contributed by atoms with Gasteiger partial charge in [0.1, 0.15) is 0 Å². The summed E-state index contributed by atoms with van der Waals surface area (Å²) in [6.45, 7) is 4.91. The van der Waals surface area contributed by atoms with Crippen molar-refractivity contribution in [1.29, 1.82) is 0 Å². The minimum absolute atomic E-state index is 0.298. The number of halogens is 2. The van der Waals surface area contributed by atoms with Crippen molar-refractivity contribution in [3.63, 3.8) is 0 Å². The maximum Gasteiger partial charge on any atom is 0.0799 e. The fraction of sp³-hybridized carbons (Fsp3) is 0.583. The van der Waals surface area contributed by atoms with Crippen LogP contribution in [0.3, 0.4) is 0 Å². The summed E-state index contributed by atoms with van der Waals surface area (Å²) in [5.74, 6) is 0. The molecule has 1 aliphatic heterocycles. The minimum atomic E-state index is 0.298. The largest absolute Gasteiger partial charge is 0.374 e. The number of alkyl halides is 1. The Labute approximate surface area is 119 Å². The highest BCUT2D eigenvalue weighted by Crippen LogP contribution is 2.18. The lowest BCUT2D eigenvalue weighted by Crippen LogP contribution is -2.48. The number of hydrogen-bond acceptors (Lipinski definition) is 3. The highest BCUT2D eigenvalue weighted by atomic mass is 79.9. The Kier molecular flexibility index (Phi) is 4.97. The molecule has 3 nitrogen and oxygen atoms in total. The van der Waals surface area contributed by atoms with E-state index in [-0.39, 0.29) is 0 Å². The van der Waals surface area contributed by atoms with Crippen molar-refractivity contribution in [3.05, 3.63) is 28.5 Å². The van der Waals surface area contributed by atoms with Crippen molar-refractivity contribution in [2.24, 2.45) is 0 Å². The van der Waals surface area contributed by atoms with Crippen LogP contribution in [0.2, 0.25) is 0 Å². The number of pyridine rings is 1. The van der Waals surface area contributed by atoms with Crippen LogP contribution in [0.5, 0.6) is 0 Å². The second-order valence-electron chi connectivity index (χ2n) is 4.40. The Morgan fingerprint density at radius 3 is 3.06 bits per heavy atom. The molecule has 2 atom stereocenters. The summed E-state index contributed by atoms with van der Waals surface area (Å²) in [5, 5.41) is 0.896. The predicted molar refractivity (Wildman–Crippen MR) is 75.3 cm³/mol. The molecule has 0 amide bonds. The molecule has 2 heterocycles. The van der Waals surface area contributed by atoms with Gasteiger partial charge in [-0.1, -0.05) is 15.9 Å². The molecule has 1 saturated heterocycles. The number of hydrogen-bond donors (Lipinski definition) is 0. The third kappa shape index (κ3) is 3.74. The summed E-state index contributed by atoms with van der Waals surface area (Å²) in [6.07, 6.45) is 4.04. The lowest BCUT2D eigenvalue weighted by atomic mass is 10.1. The lowest BCUT2D eigenvalue weighted by molar-refractivity contribution is -0.0500. The van der Waals surface area contributed by atoms with Gasteiger partial charge in [0.05, 0.1) is 12.7 Å². The highest BCUT2D eigenvalue weighted by Gasteiger charge is 2.25. The zero-order valence-corrected chi connectivity index (χ0v) is 12.9. The van der Waals surface area contributed by atoms with Gasteiger partial charge in [-0.25, -0.2) is 0 Å². The van der Waals surface area contributed by atoms with E-state index in [9.17, 15) is 0 Å². The van der Waals surface area contributed by atoms with Crippen LogP contribution in [0, 0.1) is 0 Å². The van der Waals surface area contributed by atoms with Gasteiger partial charge in [-0.3, -0.25) is 9.88 Å². The first-order valence-electron chi connectivity index (χ1n) is 5.70. The Hall–Kier alpha value is 0.0300. The Bertz CT molecular complexity index is 375. The normalized spacial score (nSPS) is 26.1.